The maximum atomic E-state index is 12.9. The van der Waals surface area contributed by atoms with E-state index in [9.17, 15) is 19.2 Å². The SMILES string of the molecule is COC(=O)/C=C/[C@@H](NC(=O)[C@H](/C=C/CCNC(=O)OCC(Cl)(Cl)Cl)NC(=O)OC(C)(C)C)C(C)C. The van der Waals surface area contributed by atoms with Gasteiger partial charge in [0.15, 0.2) is 0 Å². The number of carbonyl (C=O) groups excluding carboxylic acids is 4. The van der Waals surface area contributed by atoms with Crippen molar-refractivity contribution in [1.82, 2.24) is 16.0 Å². The lowest BCUT2D eigenvalue weighted by atomic mass is 10.0. The average molecular weight is 559 g/mol. The summed E-state index contributed by atoms with van der Waals surface area (Å²) >= 11 is 16.5. The van der Waals surface area contributed by atoms with Crippen LogP contribution in [0.25, 0.3) is 0 Å². The Balaban J connectivity index is 5.19. The van der Waals surface area contributed by atoms with Crippen LogP contribution in [0, 0.1) is 5.92 Å². The Bertz CT molecular complexity index is 775. The van der Waals surface area contributed by atoms with Crippen LogP contribution in [0.2, 0.25) is 0 Å². The molecular formula is C22H34Cl3N3O7. The number of hydrogen-bond acceptors (Lipinski definition) is 7. The van der Waals surface area contributed by atoms with Crippen LogP contribution >= 0.6 is 34.8 Å². The molecule has 0 aliphatic rings. The molecule has 2 atom stereocenters. The topological polar surface area (TPSA) is 132 Å². The smallest absolute Gasteiger partial charge is 0.408 e. The summed E-state index contributed by atoms with van der Waals surface area (Å²) in [6.07, 6.45) is 4.50. The van der Waals surface area contributed by atoms with E-state index in [0.717, 1.165) is 0 Å². The van der Waals surface area contributed by atoms with Gasteiger partial charge in [0.05, 0.1) is 13.2 Å². The molecule has 10 nitrogen and oxygen atoms in total. The van der Waals surface area contributed by atoms with E-state index in [1.165, 1.54) is 25.3 Å². The van der Waals surface area contributed by atoms with Gasteiger partial charge in [-0.15, -0.1) is 0 Å². The highest BCUT2D eigenvalue weighted by Gasteiger charge is 2.25. The molecule has 0 aromatic rings. The Hall–Kier alpha value is -2.17. The molecular weight excluding hydrogens is 525 g/mol. The number of alkyl halides is 3. The average Bonchev–Trinajstić information content (AvgIpc) is 2.71. The summed E-state index contributed by atoms with van der Waals surface area (Å²) in [7, 11) is 1.25. The van der Waals surface area contributed by atoms with Gasteiger partial charge in [0, 0.05) is 12.6 Å². The van der Waals surface area contributed by atoms with E-state index < -0.39 is 52.1 Å². The first-order valence-electron chi connectivity index (χ1n) is 10.7. The summed E-state index contributed by atoms with van der Waals surface area (Å²) in [6, 6.07) is -1.60. The molecule has 200 valence electrons. The molecule has 0 saturated heterocycles. The van der Waals surface area contributed by atoms with Gasteiger partial charge in [-0.1, -0.05) is 66.9 Å². The van der Waals surface area contributed by atoms with Gasteiger partial charge in [-0.2, -0.15) is 0 Å². The van der Waals surface area contributed by atoms with E-state index in [1.807, 2.05) is 13.8 Å². The van der Waals surface area contributed by atoms with Gasteiger partial charge in [-0.05, 0) is 33.1 Å². The predicted molar refractivity (Wildman–Crippen MR) is 134 cm³/mol. The third kappa shape index (κ3) is 17.9. The fourth-order valence-electron chi connectivity index (χ4n) is 2.27. The Morgan fingerprint density at radius 2 is 1.60 bits per heavy atom. The molecule has 0 fully saturated rings. The minimum atomic E-state index is -1.72. The van der Waals surface area contributed by atoms with Gasteiger partial charge in [0.1, 0.15) is 18.2 Å². The molecule has 0 aromatic carbocycles. The second-order valence-corrected chi connectivity index (χ2v) is 11.1. The van der Waals surface area contributed by atoms with Crippen LogP contribution in [-0.2, 0) is 23.8 Å². The van der Waals surface area contributed by atoms with Crippen LogP contribution in [0.4, 0.5) is 9.59 Å². The zero-order valence-corrected chi connectivity index (χ0v) is 22.9. The van der Waals surface area contributed by atoms with Crippen molar-refractivity contribution in [2.45, 2.75) is 62.5 Å². The third-order valence-electron chi connectivity index (χ3n) is 3.90. The number of methoxy groups -OCH3 is 1. The molecule has 0 bridgehead atoms. The summed E-state index contributed by atoms with van der Waals surface area (Å²) in [4.78, 5) is 48.2. The van der Waals surface area contributed by atoms with Crippen molar-refractivity contribution in [3.63, 3.8) is 0 Å². The summed E-state index contributed by atoms with van der Waals surface area (Å²) < 4.78 is 12.8. The normalized spacial score (nSPS) is 13.9. The maximum Gasteiger partial charge on any atom is 0.408 e. The van der Waals surface area contributed by atoms with Crippen LogP contribution in [0.5, 0.6) is 0 Å². The van der Waals surface area contributed by atoms with Crippen LogP contribution in [0.15, 0.2) is 24.3 Å². The summed E-state index contributed by atoms with van der Waals surface area (Å²) in [5.74, 6) is -1.16. The van der Waals surface area contributed by atoms with Gasteiger partial charge in [0.25, 0.3) is 0 Å². The van der Waals surface area contributed by atoms with Crippen molar-refractivity contribution in [3.05, 3.63) is 24.3 Å². The van der Waals surface area contributed by atoms with E-state index >= 15 is 0 Å². The van der Waals surface area contributed by atoms with Crippen molar-refractivity contribution < 1.29 is 33.4 Å². The molecule has 35 heavy (non-hydrogen) atoms. The number of alkyl carbamates (subject to hydrolysis) is 2. The zero-order valence-electron chi connectivity index (χ0n) is 20.7. The monoisotopic (exact) mass is 557 g/mol. The first-order chi connectivity index (χ1) is 16.0. The van der Waals surface area contributed by atoms with Crippen molar-refractivity contribution in [2.75, 3.05) is 20.3 Å². The first-order valence-corrected chi connectivity index (χ1v) is 11.9. The number of esters is 1. The lowest BCUT2D eigenvalue weighted by Crippen LogP contribution is -2.50. The van der Waals surface area contributed by atoms with Gasteiger partial charge in [-0.25, -0.2) is 14.4 Å². The maximum absolute atomic E-state index is 12.9. The van der Waals surface area contributed by atoms with E-state index in [0.29, 0.717) is 6.42 Å². The van der Waals surface area contributed by atoms with Crippen molar-refractivity contribution in [1.29, 1.82) is 0 Å². The number of rotatable bonds is 11. The van der Waals surface area contributed by atoms with Crippen LogP contribution in [-0.4, -0.2) is 65.8 Å². The second-order valence-electron chi connectivity index (χ2n) is 8.62. The van der Waals surface area contributed by atoms with E-state index in [1.54, 1.807) is 26.8 Å². The first kappa shape index (κ1) is 32.8. The van der Waals surface area contributed by atoms with E-state index in [2.05, 4.69) is 20.7 Å². The Kier molecular flexibility index (Phi) is 14.8. The van der Waals surface area contributed by atoms with E-state index in [4.69, 9.17) is 44.3 Å². The molecule has 0 spiro atoms. The molecule has 0 aliphatic heterocycles. The summed E-state index contributed by atoms with van der Waals surface area (Å²) in [6.45, 7) is 8.53. The highest BCUT2D eigenvalue weighted by atomic mass is 35.6. The number of nitrogens with one attached hydrogen (secondary N) is 3. The summed E-state index contributed by atoms with van der Waals surface area (Å²) in [5.41, 5.74) is -0.768. The molecule has 3 N–H and O–H groups in total. The highest BCUT2D eigenvalue weighted by molar-refractivity contribution is 6.67. The Labute approximate surface area is 221 Å². The second kappa shape index (κ2) is 15.7. The van der Waals surface area contributed by atoms with Gasteiger partial charge < -0.3 is 30.2 Å². The molecule has 0 radical (unpaired) electrons. The number of halogens is 3. The molecule has 3 amide bonds. The number of amides is 3. The van der Waals surface area contributed by atoms with Crippen LogP contribution in [0.3, 0.4) is 0 Å². The third-order valence-corrected chi connectivity index (χ3v) is 4.23. The minimum absolute atomic E-state index is 0.0612. The molecule has 0 heterocycles. The largest absolute Gasteiger partial charge is 0.466 e. The quantitative estimate of drug-likeness (QED) is 0.0878. The Morgan fingerprint density at radius 3 is 2.11 bits per heavy atom. The molecule has 0 saturated carbocycles. The highest BCUT2D eigenvalue weighted by Crippen LogP contribution is 2.25. The van der Waals surface area contributed by atoms with E-state index in [-0.39, 0.29) is 12.5 Å². The fraction of sp³-hybridized carbons (Fsp3) is 0.636. The molecule has 13 heteroatoms. The van der Waals surface area contributed by atoms with Crippen molar-refractivity contribution in [3.8, 4) is 0 Å². The predicted octanol–water partition coefficient (Wildman–Crippen LogP) is 3.79. The van der Waals surface area contributed by atoms with Gasteiger partial charge >= 0.3 is 18.2 Å². The number of hydrogen-bond donors (Lipinski definition) is 3. The minimum Gasteiger partial charge on any atom is -0.466 e. The van der Waals surface area contributed by atoms with Crippen LogP contribution < -0.4 is 16.0 Å². The van der Waals surface area contributed by atoms with Crippen LogP contribution in [0.1, 0.15) is 41.0 Å². The standard InChI is InChI=1S/C22H34Cl3N3O7/c1-14(2)15(10-11-17(29)33-6)27-18(30)16(28-20(32)35-21(3,4)5)9-7-8-12-26-19(31)34-13-22(23,24)25/h7,9-11,14-16H,8,12-13H2,1-6H3,(H,26,31)(H,27,30)(H,28,32)/b9-7+,11-10+/t15-,16+/m1/s1. The Morgan fingerprint density at radius 1 is 0.971 bits per heavy atom. The molecule has 0 aromatic heterocycles. The van der Waals surface area contributed by atoms with Crippen molar-refractivity contribution in [2.24, 2.45) is 5.92 Å². The zero-order chi connectivity index (χ0) is 27.2. The summed E-state index contributed by atoms with van der Waals surface area (Å²) in [5, 5.41) is 7.73. The number of ether oxygens (including phenoxy) is 3. The van der Waals surface area contributed by atoms with Gasteiger partial charge in [0.2, 0.25) is 9.70 Å². The lowest BCUT2D eigenvalue weighted by molar-refractivity contribution is -0.135. The molecule has 0 unspecified atom stereocenters. The molecule has 0 rings (SSSR count). The fourth-order valence-corrected chi connectivity index (χ4v) is 2.43. The van der Waals surface area contributed by atoms with Crippen molar-refractivity contribution >= 4 is 58.9 Å². The number of carbonyl (C=O) groups is 4. The lowest BCUT2D eigenvalue weighted by Gasteiger charge is -2.24. The molecule has 0 aliphatic carbocycles. The van der Waals surface area contributed by atoms with Gasteiger partial charge in [-0.3, -0.25) is 4.79 Å².